The van der Waals surface area contributed by atoms with Crippen LogP contribution >= 0.6 is 0 Å². The van der Waals surface area contributed by atoms with Crippen molar-refractivity contribution in [1.82, 2.24) is 10.2 Å². The third-order valence-electron chi connectivity index (χ3n) is 5.24. The van der Waals surface area contributed by atoms with Crippen LogP contribution in [0.1, 0.15) is 64.7 Å². The van der Waals surface area contributed by atoms with Gasteiger partial charge in [0.15, 0.2) is 0 Å². The predicted molar refractivity (Wildman–Crippen MR) is 83.5 cm³/mol. The molecule has 2 fully saturated rings. The summed E-state index contributed by atoms with van der Waals surface area (Å²) in [6.07, 6.45) is 12.9. The van der Waals surface area contributed by atoms with Crippen molar-refractivity contribution < 1.29 is 0 Å². The number of rotatable bonds is 8. The molecule has 0 heterocycles. The molecule has 2 unspecified atom stereocenters. The summed E-state index contributed by atoms with van der Waals surface area (Å²) in [5.74, 6) is 1.94. The Morgan fingerprint density at radius 2 is 1.84 bits per heavy atom. The molecule has 2 aliphatic rings. The first kappa shape index (κ1) is 15.3. The minimum atomic E-state index is 0.819. The van der Waals surface area contributed by atoms with Gasteiger partial charge < -0.3 is 10.2 Å². The van der Waals surface area contributed by atoms with E-state index in [1.165, 1.54) is 77.4 Å². The van der Waals surface area contributed by atoms with Gasteiger partial charge in [-0.15, -0.1) is 0 Å². The van der Waals surface area contributed by atoms with Crippen LogP contribution in [0.5, 0.6) is 0 Å². The van der Waals surface area contributed by atoms with Crippen molar-refractivity contribution >= 4 is 0 Å². The Morgan fingerprint density at radius 1 is 1.05 bits per heavy atom. The van der Waals surface area contributed by atoms with E-state index < -0.39 is 0 Å². The van der Waals surface area contributed by atoms with Crippen molar-refractivity contribution in [2.24, 2.45) is 11.8 Å². The van der Waals surface area contributed by atoms with Crippen LogP contribution in [-0.2, 0) is 0 Å². The first-order valence-electron chi connectivity index (χ1n) is 8.71. The van der Waals surface area contributed by atoms with E-state index in [1.54, 1.807) is 0 Å². The molecule has 1 N–H and O–H groups in total. The van der Waals surface area contributed by atoms with Gasteiger partial charge in [-0.3, -0.25) is 0 Å². The lowest BCUT2D eigenvalue weighted by molar-refractivity contribution is 0.247. The van der Waals surface area contributed by atoms with Crippen molar-refractivity contribution in [3.63, 3.8) is 0 Å². The van der Waals surface area contributed by atoms with Crippen LogP contribution in [-0.4, -0.2) is 37.6 Å². The Kier molecular flexibility index (Phi) is 6.66. The summed E-state index contributed by atoms with van der Waals surface area (Å²) < 4.78 is 0. The van der Waals surface area contributed by atoms with Crippen LogP contribution < -0.4 is 5.32 Å². The molecule has 0 aromatic carbocycles. The van der Waals surface area contributed by atoms with Crippen molar-refractivity contribution in [1.29, 1.82) is 0 Å². The standard InChI is InChI=1S/C17H34N2/c1-3-12-18-17-10-6-9-16(17)11-13-19(2)14-15-7-4-5-8-15/h15-18H,3-14H2,1-2H3. The lowest BCUT2D eigenvalue weighted by Gasteiger charge is -2.25. The summed E-state index contributed by atoms with van der Waals surface area (Å²) >= 11 is 0. The van der Waals surface area contributed by atoms with Crippen LogP contribution in [0.15, 0.2) is 0 Å². The van der Waals surface area contributed by atoms with Crippen LogP contribution in [0, 0.1) is 11.8 Å². The lowest BCUT2D eigenvalue weighted by Crippen LogP contribution is -2.35. The maximum atomic E-state index is 3.76. The van der Waals surface area contributed by atoms with Gasteiger partial charge in [-0.1, -0.05) is 26.2 Å². The monoisotopic (exact) mass is 266 g/mol. The topological polar surface area (TPSA) is 15.3 Å². The molecule has 2 heteroatoms. The fraction of sp³-hybridized carbons (Fsp3) is 1.00. The number of hydrogen-bond donors (Lipinski definition) is 1. The zero-order valence-electron chi connectivity index (χ0n) is 13.2. The zero-order chi connectivity index (χ0) is 13.5. The van der Waals surface area contributed by atoms with E-state index in [1.807, 2.05) is 0 Å². The molecule has 2 aliphatic carbocycles. The first-order chi connectivity index (χ1) is 9.29. The third-order valence-corrected chi connectivity index (χ3v) is 5.24. The largest absolute Gasteiger partial charge is 0.314 e. The average Bonchev–Trinajstić information content (AvgIpc) is 3.05. The van der Waals surface area contributed by atoms with Gasteiger partial charge in [0, 0.05) is 12.6 Å². The molecule has 2 rings (SSSR count). The summed E-state index contributed by atoms with van der Waals surface area (Å²) in [5.41, 5.74) is 0. The van der Waals surface area contributed by atoms with E-state index >= 15 is 0 Å². The van der Waals surface area contributed by atoms with Gasteiger partial charge in [-0.05, 0) is 70.5 Å². The smallest absolute Gasteiger partial charge is 0.00958 e. The van der Waals surface area contributed by atoms with Crippen molar-refractivity contribution in [2.75, 3.05) is 26.7 Å². The fourth-order valence-corrected chi connectivity index (χ4v) is 4.09. The second kappa shape index (κ2) is 8.26. The van der Waals surface area contributed by atoms with Crippen molar-refractivity contribution in [2.45, 2.75) is 70.8 Å². The van der Waals surface area contributed by atoms with Crippen molar-refractivity contribution in [3.8, 4) is 0 Å². The molecule has 0 amide bonds. The summed E-state index contributed by atoms with van der Waals surface area (Å²) in [6.45, 7) is 6.14. The third kappa shape index (κ3) is 5.07. The second-order valence-electron chi connectivity index (χ2n) is 6.95. The van der Waals surface area contributed by atoms with Gasteiger partial charge in [0.2, 0.25) is 0 Å². The maximum absolute atomic E-state index is 3.76. The minimum Gasteiger partial charge on any atom is -0.314 e. The fourth-order valence-electron chi connectivity index (χ4n) is 4.09. The van der Waals surface area contributed by atoms with Crippen molar-refractivity contribution in [3.05, 3.63) is 0 Å². The Labute approximate surface area is 120 Å². The molecule has 0 radical (unpaired) electrons. The molecule has 2 nitrogen and oxygen atoms in total. The van der Waals surface area contributed by atoms with Crippen LogP contribution in [0.2, 0.25) is 0 Å². The van der Waals surface area contributed by atoms with Crippen LogP contribution in [0.3, 0.4) is 0 Å². The zero-order valence-corrected chi connectivity index (χ0v) is 13.2. The van der Waals surface area contributed by atoms with Gasteiger partial charge in [-0.25, -0.2) is 0 Å². The van der Waals surface area contributed by atoms with E-state index in [9.17, 15) is 0 Å². The van der Waals surface area contributed by atoms with Gasteiger partial charge in [-0.2, -0.15) is 0 Å². The van der Waals surface area contributed by atoms with E-state index in [4.69, 9.17) is 0 Å². The molecule has 0 spiro atoms. The van der Waals surface area contributed by atoms with Crippen LogP contribution in [0.25, 0.3) is 0 Å². The molecule has 0 aliphatic heterocycles. The Bertz CT molecular complexity index is 235. The highest BCUT2D eigenvalue weighted by molar-refractivity contribution is 4.83. The quantitative estimate of drug-likeness (QED) is 0.721. The van der Waals surface area contributed by atoms with Gasteiger partial charge in [0.05, 0.1) is 0 Å². The molecular weight excluding hydrogens is 232 g/mol. The summed E-state index contributed by atoms with van der Waals surface area (Å²) in [7, 11) is 2.34. The maximum Gasteiger partial charge on any atom is 0.00958 e. The summed E-state index contributed by atoms with van der Waals surface area (Å²) in [6, 6.07) is 0.819. The first-order valence-corrected chi connectivity index (χ1v) is 8.71. The number of nitrogens with zero attached hydrogens (tertiary/aromatic N) is 1. The molecule has 0 saturated heterocycles. The normalized spacial score (nSPS) is 28.6. The van der Waals surface area contributed by atoms with E-state index in [0.717, 1.165) is 17.9 Å². The summed E-state index contributed by atoms with van der Waals surface area (Å²) in [4.78, 5) is 2.60. The minimum absolute atomic E-state index is 0.819. The Hall–Kier alpha value is -0.0800. The molecule has 0 aromatic heterocycles. The van der Waals surface area contributed by atoms with Gasteiger partial charge in [0.1, 0.15) is 0 Å². The number of hydrogen-bond acceptors (Lipinski definition) is 2. The lowest BCUT2D eigenvalue weighted by atomic mass is 9.98. The van der Waals surface area contributed by atoms with E-state index in [-0.39, 0.29) is 0 Å². The Morgan fingerprint density at radius 3 is 2.58 bits per heavy atom. The van der Waals surface area contributed by atoms with E-state index in [2.05, 4.69) is 24.2 Å². The number of nitrogens with one attached hydrogen (secondary N) is 1. The molecule has 0 aromatic rings. The van der Waals surface area contributed by atoms with Crippen LogP contribution in [0.4, 0.5) is 0 Å². The average molecular weight is 266 g/mol. The molecule has 2 saturated carbocycles. The molecule has 19 heavy (non-hydrogen) atoms. The highest BCUT2D eigenvalue weighted by atomic mass is 15.1. The van der Waals surface area contributed by atoms with Gasteiger partial charge >= 0.3 is 0 Å². The summed E-state index contributed by atoms with van der Waals surface area (Å²) in [5, 5.41) is 3.76. The molecule has 0 bridgehead atoms. The SMILES string of the molecule is CCCNC1CCCC1CCN(C)CC1CCCC1. The molecular formula is C17H34N2. The predicted octanol–water partition coefficient (Wildman–Crippen LogP) is 3.67. The highest BCUT2D eigenvalue weighted by Gasteiger charge is 2.26. The van der Waals surface area contributed by atoms with E-state index in [0.29, 0.717) is 0 Å². The van der Waals surface area contributed by atoms with Gasteiger partial charge in [0.25, 0.3) is 0 Å². The second-order valence-corrected chi connectivity index (χ2v) is 6.95. The highest BCUT2D eigenvalue weighted by Crippen LogP contribution is 2.29. The molecule has 112 valence electrons. The Balaban J connectivity index is 1.62. The molecule has 2 atom stereocenters.